The van der Waals surface area contributed by atoms with Crippen LogP contribution in [-0.4, -0.2) is 24.4 Å². The van der Waals surface area contributed by atoms with Gasteiger partial charge < -0.3 is 15.4 Å². The summed E-state index contributed by atoms with van der Waals surface area (Å²) in [5.74, 6) is -1.52. The zero-order valence-electron chi connectivity index (χ0n) is 14.6. The van der Waals surface area contributed by atoms with Crippen molar-refractivity contribution in [1.82, 2.24) is 0 Å². The van der Waals surface area contributed by atoms with Crippen molar-refractivity contribution in [2.24, 2.45) is 0 Å². The fraction of sp³-hybridized carbons (Fsp3) is 0.211. The van der Waals surface area contributed by atoms with E-state index in [4.69, 9.17) is 27.9 Å². The number of halogens is 2. The predicted octanol–water partition coefficient (Wildman–Crippen LogP) is 4.20. The largest absolute Gasteiger partial charge is 0.456 e. The number of esters is 1. The molecule has 2 aromatic rings. The van der Waals surface area contributed by atoms with Crippen molar-refractivity contribution < 1.29 is 19.1 Å². The van der Waals surface area contributed by atoms with Crippen molar-refractivity contribution in [3.05, 3.63) is 58.1 Å². The number of nitrogens with one attached hydrogen (secondary N) is 2. The van der Waals surface area contributed by atoms with Gasteiger partial charge in [0, 0.05) is 17.1 Å². The summed E-state index contributed by atoms with van der Waals surface area (Å²) in [4.78, 5) is 35.4. The summed E-state index contributed by atoms with van der Waals surface area (Å²) in [5.41, 5.74) is 1.73. The first-order valence-electron chi connectivity index (χ1n) is 8.12. The highest BCUT2D eigenvalue weighted by Crippen LogP contribution is 2.23. The molecule has 0 aliphatic heterocycles. The minimum absolute atomic E-state index is 0.0842. The molecule has 27 heavy (non-hydrogen) atoms. The SMILES string of the molecule is Cc1c(Cl)cccc1NC(=O)COC(=O)CCC(=O)Nc1ccccc1Cl. The molecule has 0 aromatic heterocycles. The summed E-state index contributed by atoms with van der Waals surface area (Å²) in [6.07, 6.45) is -0.237. The molecule has 0 fully saturated rings. The second-order valence-corrected chi connectivity index (χ2v) is 6.46. The molecule has 0 saturated carbocycles. The minimum Gasteiger partial charge on any atom is -0.456 e. The number of anilines is 2. The zero-order valence-corrected chi connectivity index (χ0v) is 16.1. The second-order valence-electron chi connectivity index (χ2n) is 5.65. The van der Waals surface area contributed by atoms with Crippen molar-refractivity contribution in [2.45, 2.75) is 19.8 Å². The number of amides is 2. The van der Waals surface area contributed by atoms with Gasteiger partial charge in [-0.15, -0.1) is 0 Å². The molecule has 142 valence electrons. The van der Waals surface area contributed by atoms with E-state index >= 15 is 0 Å². The van der Waals surface area contributed by atoms with Gasteiger partial charge in [-0.25, -0.2) is 0 Å². The van der Waals surface area contributed by atoms with Crippen molar-refractivity contribution >= 4 is 52.4 Å². The standard InChI is InChI=1S/C19H18Cl2N2O4/c1-12-13(20)6-4-8-15(12)22-18(25)11-27-19(26)10-9-17(24)23-16-7-3-2-5-14(16)21/h2-8H,9-11H2,1H3,(H,22,25)(H,23,24). The lowest BCUT2D eigenvalue weighted by Gasteiger charge is -2.10. The molecule has 0 aliphatic carbocycles. The van der Waals surface area contributed by atoms with Crippen LogP contribution in [0.3, 0.4) is 0 Å². The summed E-state index contributed by atoms with van der Waals surface area (Å²) in [5, 5.41) is 6.15. The Morgan fingerprint density at radius 2 is 1.48 bits per heavy atom. The molecule has 8 heteroatoms. The van der Waals surface area contributed by atoms with Gasteiger partial charge in [-0.1, -0.05) is 41.4 Å². The van der Waals surface area contributed by atoms with Crippen molar-refractivity contribution in [1.29, 1.82) is 0 Å². The molecule has 0 atom stereocenters. The third kappa shape index (κ3) is 6.58. The lowest BCUT2D eigenvalue weighted by Crippen LogP contribution is -2.22. The third-order valence-electron chi connectivity index (χ3n) is 3.61. The monoisotopic (exact) mass is 408 g/mol. The number of carbonyl (C=O) groups excluding carboxylic acids is 3. The molecule has 2 aromatic carbocycles. The van der Waals surface area contributed by atoms with Crippen LogP contribution in [0.15, 0.2) is 42.5 Å². The average Bonchev–Trinajstić information content (AvgIpc) is 2.64. The average molecular weight is 409 g/mol. The number of benzene rings is 2. The highest BCUT2D eigenvalue weighted by molar-refractivity contribution is 6.33. The Kier molecular flexibility index (Phi) is 7.64. The number of carbonyl (C=O) groups is 3. The summed E-state index contributed by atoms with van der Waals surface area (Å²) in [6, 6.07) is 11.9. The van der Waals surface area contributed by atoms with Gasteiger partial charge in [0.15, 0.2) is 6.61 Å². The second kappa shape index (κ2) is 9.94. The molecule has 0 heterocycles. The molecular formula is C19H18Cl2N2O4. The molecule has 2 rings (SSSR count). The first kappa shape index (κ1) is 20.7. The van der Waals surface area contributed by atoms with Gasteiger partial charge in [-0.2, -0.15) is 0 Å². The molecular weight excluding hydrogens is 391 g/mol. The first-order valence-corrected chi connectivity index (χ1v) is 8.87. The normalized spacial score (nSPS) is 10.2. The van der Waals surface area contributed by atoms with Gasteiger partial charge >= 0.3 is 5.97 Å². The van der Waals surface area contributed by atoms with Crippen LogP contribution in [0.5, 0.6) is 0 Å². The Morgan fingerprint density at radius 1 is 0.852 bits per heavy atom. The van der Waals surface area contributed by atoms with E-state index in [1.54, 1.807) is 49.4 Å². The van der Waals surface area contributed by atoms with E-state index in [0.29, 0.717) is 21.4 Å². The Labute approximate surface area is 166 Å². The number of para-hydroxylation sites is 1. The van der Waals surface area contributed by atoms with Crippen LogP contribution in [0.1, 0.15) is 18.4 Å². The Bertz CT molecular complexity index is 855. The van der Waals surface area contributed by atoms with Gasteiger partial charge in [-0.05, 0) is 36.8 Å². The summed E-state index contributed by atoms with van der Waals surface area (Å²) in [6.45, 7) is 1.32. The molecule has 2 amide bonds. The molecule has 0 radical (unpaired) electrons. The van der Waals surface area contributed by atoms with Crippen LogP contribution in [-0.2, 0) is 19.1 Å². The van der Waals surface area contributed by atoms with Crippen LogP contribution in [0.2, 0.25) is 10.0 Å². The van der Waals surface area contributed by atoms with Crippen molar-refractivity contribution in [3.8, 4) is 0 Å². The predicted molar refractivity (Wildman–Crippen MR) is 105 cm³/mol. The molecule has 0 aliphatic rings. The molecule has 2 N–H and O–H groups in total. The van der Waals surface area contributed by atoms with Gasteiger partial charge in [0.2, 0.25) is 5.91 Å². The van der Waals surface area contributed by atoms with Crippen molar-refractivity contribution in [3.63, 3.8) is 0 Å². The molecule has 0 bridgehead atoms. The number of hydrogen-bond acceptors (Lipinski definition) is 4. The lowest BCUT2D eigenvalue weighted by atomic mass is 10.2. The smallest absolute Gasteiger partial charge is 0.306 e. The van der Waals surface area contributed by atoms with E-state index in [-0.39, 0.29) is 18.7 Å². The maximum absolute atomic E-state index is 11.9. The molecule has 6 nitrogen and oxygen atoms in total. The van der Waals surface area contributed by atoms with Crippen LogP contribution < -0.4 is 10.6 Å². The Morgan fingerprint density at radius 3 is 2.22 bits per heavy atom. The van der Waals surface area contributed by atoms with Crippen LogP contribution in [0, 0.1) is 6.92 Å². The fourth-order valence-electron chi connectivity index (χ4n) is 2.14. The minimum atomic E-state index is -0.651. The summed E-state index contributed by atoms with van der Waals surface area (Å²) in [7, 11) is 0. The van der Waals surface area contributed by atoms with E-state index < -0.39 is 18.5 Å². The van der Waals surface area contributed by atoms with Crippen LogP contribution in [0.25, 0.3) is 0 Å². The van der Waals surface area contributed by atoms with Gasteiger partial charge in [0.1, 0.15) is 0 Å². The zero-order chi connectivity index (χ0) is 19.8. The van der Waals surface area contributed by atoms with E-state index in [1.807, 2.05) is 0 Å². The van der Waals surface area contributed by atoms with Gasteiger partial charge in [-0.3, -0.25) is 14.4 Å². The van der Waals surface area contributed by atoms with Gasteiger partial charge in [0.25, 0.3) is 5.91 Å². The first-order chi connectivity index (χ1) is 12.9. The fourth-order valence-corrected chi connectivity index (χ4v) is 2.50. The highest BCUT2D eigenvalue weighted by Gasteiger charge is 2.12. The van der Waals surface area contributed by atoms with E-state index in [1.165, 1.54) is 0 Å². The molecule has 0 spiro atoms. The van der Waals surface area contributed by atoms with Crippen LogP contribution in [0.4, 0.5) is 11.4 Å². The quantitative estimate of drug-likeness (QED) is 0.672. The van der Waals surface area contributed by atoms with E-state index in [9.17, 15) is 14.4 Å². The Hall–Kier alpha value is -2.57. The van der Waals surface area contributed by atoms with E-state index in [2.05, 4.69) is 10.6 Å². The number of rotatable bonds is 7. The lowest BCUT2D eigenvalue weighted by molar-refractivity contribution is -0.147. The summed E-state index contributed by atoms with van der Waals surface area (Å²) >= 11 is 11.9. The van der Waals surface area contributed by atoms with E-state index in [0.717, 1.165) is 5.56 Å². The Balaban J connectivity index is 1.72. The van der Waals surface area contributed by atoms with Crippen molar-refractivity contribution in [2.75, 3.05) is 17.2 Å². The topological polar surface area (TPSA) is 84.5 Å². The summed E-state index contributed by atoms with van der Waals surface area (Å²) < 4.78 is 4.88. The molecule has 0 saturated heterocycles. The third-order valence-corrected chi connectivity index (χ3v) is 4.35. The maximum Gasteiger partial charge on any atom is 0.306 e. The maximum atomic E-state index is 11.9. The highest BCUT2D eigenvalue weighted by atomic mass is 35.5. The number of hydrogen-bond donors (Lipinski definition) is 2. The van der Waals surface area contributed by atoms with Crippen LogP contribution >= 0.6 is 23.2 Å². The number of ether oxygens (including phenoxy) is 1. The van der Waals surface area contributed by atoms with Gasteiger partial charge in [0.05, 0.1) is 17.1 Å². The molecule has 0 unspecified atom stereocenters.